The molecule has 0 aliphatic carbocycles. The van der Waals surface area contributed by atoms with Gasteiger partial charge >= 0.3 is 0 Å². The lowest BCUT2D eigenvalue weighted by molar-refractivity contribution is 0.447. The third-order valence-corrected chi connectivity index (χ3v) is 4.75. The Hall–Kier alpha value is -2.21. The van der Waals surface area contributed by atoms with Crippen LogP contribution in [0.15, 0.2) is 54.9 Å². The number of pyridine rings is 1. The predicted octanol–water partition coefficient (Wildman–Crippen LogP) is 4.82. The van der Waals surface area contributed by atoms with E-state index in [1.807, 2.05) is 42.5 Å². The molecule has 1 aliphatic heterocycles. The molecule has 1 saturated heterocycles. The predicted molar refractivity (Wildman–Crippen MR) is 112 cm³/mol. The lowest BCUT2D eigenvalue weighted by Gasteiger charge is -2.22. The summed E-state index contributed by atoms with van der Waals surface area (Å²) in [6, 6.07) is 13.5. The fraction of sp³-hybridized carbons (Fsp3) is 0.250. The maximum absolute atomic E-state index is 5.98. The molecule has 3 aromatic rings. The van der Waals surface area contributed by atoms with Crippen LogP contribution in [0, 0.1) is 0 Å². The molecular formula is C20H21Cl2N5. The van der Waals surface area contributed by atoms with Gasteiger partial charge in [-0.05, 0) is 55.8 Å². The molecule has 0 amide bonds. The van der Waals surface area contributed by atoms with Crippen LogP contribution in [0.3, 0.4) is 0 Å². The lowest BCUT2D eigenvalue weighted by atomic mass is 9.98. The third kappa shape index (κ3) is 4.95. The fourth-order valence-corrected chi connectivity index (χ4v) is 3.26. The van der Waals surface area contributed by atoms with E-state index in [0.717, 1.165) is 54.5 Å². The number of hydrogen-bond acceptors (Lipinski definition) is 5. The number of benzene rings is 1. The SMILES string of the molecule is Cl.Clc1ccc(Nc2cc(-c3ccncc3)nc(C3CCCNC3)n2)cc1. The van der Waals surface area contributed by atoms with Crippen molar-refractivity contribution in [2.24, 2.45) is 0 Å². The van der Waals surface area contributed by atoms with Crippen LogP contribution in [0.5, 0.6) is 0 Å². The fourth-order valence-electron chi connectivity index (χ4n) is 3.14. The molecule has 0 radical (unpaired) electrons. The summed E-state index contributed by atoms with van der Waals surface area (Å²) in [7, 11) is 0. The Balaban J connectivity index is 0.00000210. The quantitative estimate of drug-likeness (QED) is 0.655. The van der Waals surface area contributed by atoms with Crippen molar-refractivity contribution >= 4 is 35.5 Å². The van der Waals surface area contributed by atoms with Crippen molar-refractivity contribution in [2.45, 2.75) is 18.8 Å². The topological polar surface area (TPSA) is 62.7 Å². The van der Waals surface area contributed by atoms with Gasteiger partial charge in [0.25, 0.3) is 0 Å². The summed E-state index contributed by atoms with van der Waals surface area (Å²) in [5.41, 5.74) is 2.88. The van der Waals surface area contributed by atoms with Crippen LogP contribution in [-0.2, 0) is 0 Å². The van der Waals surface area contributed by atoms with Crippen molar-refractivity contribution in [1.29, 1.82) is 0 Å². The molecule has 4 rings (SSSR count). The van der Waals surface area contributed by atoms with Gasteiger partial charge in [0.1, 0.15) is 11.6 Å². The van der Waals surface area contributed by atoms with E-state index in [4.69, 9.17) is 21.6 Å². The number of aromatic nitrogens is 3. The number of rotatable bonds is 4. The highest BCUT2D eigenvalue weighted by molar-refractivity contribution is 6.30. The van der Waals surface area contributed by atoms with E-state index in [-0.39, 0.29) is 12.4 Å². The van der Waals surface area contributed by atoms with Crippen LogP contribution in [0.2, 0.25) is 5.02 Å². The number of nitrogens with zero attached hydrogens (tertiary/aromatic N) is 3. The Labute approximate surface area is 170 Å². The highest BCUT2D eigenvalue weighted by Gasteiger charge is 2.19. The lowest BCUT2D eigenvalue weighted by Crippen LogP contribution is -2.29. The number of nitrogens with one attached hydrogen (secondary N) is 2. The largest absolute Gasteiger partial charge is 0.340 e. The first kappa shape index (κ1) is 19.5. The molecule has 1 aromatic carbocycles. The molecule has 0 bridgehead atoms. The number of halogens is 2. The minimum atomic E-state index is 0. The van der Waals surface area contributed by atoms with Gasteiger partial charge in [0.15, 0.2) is 0 Å². The molecule has 140 valence electrons. The van der Waals surface area contributed by atoms with Crippen LogP contribution in [0.25, 0.3) is 11.3 Å². The van der Waals surface area contributed by atoms with Crippen LogP contribution < -0.4 is 10.6 Å². The van der Waals surface area contributed by atoms with Crippen molar-refractivity contribution in [2.75, 3.05) is 18.4 Å². The Morgan fingerprint density at radius 1 is 1.04 bits per heavy atom. The van der Waals surface area contributed by atoms with Crippen molar-refractivity contribution in [3.63, 3.8) is 0 Å². The van der Waals surface area contributed by atoms with E-state index in [2.05, 4.69) is 15.6 Å². The molecule has 1 unspecified atom stereocenters. The maximum atomic E-state index is 5.98. The summed E-state index contributed by atoms with van der Waals surface area (Å²) >= 11 is 5.98. The zero-order valence-corrected chi connectivity index (χ0v) is 16.3. The summed E-state index contributed by atoms with van der Waals surface area (Å²) in [5.74, 6) is 1.99. The van der Waals surface area contributed by atoms with E-state index < -0.39 is 0 Å². The summed E-state index contributed by atoms with van der Waals surface area (Å²) in [5, 5.41) is 7.53. The van der Waals surface area contributed by atoms with Crippen LogP contribution in [-0.4, -0.2) is 28.0 Å². The average molecular weight is 402 g/mol. The minimum absolute atomic E-state index is 0. The molecule has 1 atom stereocenters. The van der Waals surface area contributed by atoms with Crippen molar-refractivity contribution in [1.82, 2.24) is 20.3 Å². The van der Waals surface area contributed by atoms with Crippen molar-refractivity contribution in [3.05, 3.63) is 65.7 Å². The molecule has 1 aliphatic rings. The Morgan fingerprint density at radius 3 is 2.52 bits per heavy atom. The van der Waals surface area contributed by atoms with Crippen molar-refractivity contribution in [3.8, 4) is 11.3 Å². The van der Waals surface area contributed by atoms with Crippen LogP contribution in [0.4, 0.5) is 11.5 Å². The second-order valence-corrected chi connectivity index (χ2v) is 6.84. The van der Waals surface area contributed by atoms with E-state index in [0.29, 0.717) is 10.9 Å². The van der Waals surface area contributed by atoms with E-state index in [1.165, 1.54) is 0 Å². The smallest absolute Gasteiger partial charge is 0.135 e. The summed E-state index contributed by atoms with van der Waals surface area (Å²) in [6.45, 7) is 1.98. The molecule has 0 saturated carbocycles. The second kappa shape index (κ2) is 9.13. The molecule has 1 fully saturated rings. The van der Waals surface area contributed by atoms with E-state index in [9.17, 15) is 0 Å². The first-order valence-corrected chi connectivity index (χ1v) is 9.18. The molecule has 27 heavy (non-hydrogen) atoms. The first-order chi connectivity index (χ1) is 12.8. The Morgan fingerprint density at radius 2 is 1.81 bits per heavy atom. The van der Waals surface area contributed by atoms with Gasteiger partial charge in [-0.25, -0.2) is 9.97 Å². The number of hydrogen-bond donors (Lipinski definition) is 2. The van der Waals surface area contributed by atoms with Crippen molar-refractivity contribution < 1.29 is 0 Å². The van der Waals surface area contributed by atoms with Gasteiger partial charge < -0.3 is 10.6 Å². The molecular weight excluding hydrogens is 381 g/mol. The van der Waals surface area contributed by atoms with Gasteiger partial charge in [-0.2, -0.15) is 0 Å². The molecule has 5 nitrogen and oxygen atoms in total. The Kier molecular flexibility index (Phi) is 6.61. The zero-order valence-electron chi connectivity index (χ0n) is 14.7. The third-order valence-electron chi connectivity index (χ3n) is 4.50. The van der Waals surface area contributed by atoms with Gasteiger partial charge in [0.05, 0.1) is 5.69 Å². The summed E-state index contributed by atoms with van der Waals surface area (Å²) in [4.78, 5) is 13.7. The molecule has 2 aromatic heterocycles. The molecule has 7 heteroatoms. The monoisotopic (exact) mass is 401 g/mol. The van der Waals surface area contributed by atoms with Crippen LogP contribution >= 0.6 is 24.0 Å². The summed E-state index contributed by atoms with van der Waals surface area (Å²) < 4.78 is 0. The highest BCUT2D eigenvalue weighted by atomic mass is 35.5. The normalized spacial score (nSPS) is 16.4. The molecule has 3 heterocycles. The Bertz CT molecular complexity index is 865. The minimum Gasteiger partial charge on any atom is -0.340 e. The molecule has 2 N–H and O–H groups in total. The average Bonchev–Trinajstić information content (AvgIpc) is 2.71. The van der Waals surface area contributed by atoms with E-state index >= 15 is 0 Å². The van der Waals surface area contributed by atoms with Gasteiger partial charge in [-0.1, -0.05) is 11.6 Å². The maximum Gasteiger partial charge on any atom is 0.135 e. The van der Waals surface area contributed by atoms with E-state index in [1.54, 1.807) is 12.4 Å². The standard InChI is InChI=1S/C20H20ClN5.ClH/c21-16-3-5-17(6-4-16)24-19-12-18(14-7-10-22-11-8-14)25-20(26-19)15-2-1-9-23-13-15;/h3-8,10-12,15,23H,1-2,9,13H2,(H,24,25,26);1H. The van der Waals surface area contributed by atoms with Crippen LogP contribution in [0.1, 0.15) is 24.6 Å². The van der Waals surface area contributed by atoms with Gasteiger partial charge in [0.2, 0.25) is 0 Å². The summed E-state index contributed by atoms with van der Waals surface area (Å²) in [6.07, 6.45) is 5.82. The van der Waals surface area contributed by atoms with Gasteiger partial charge in [-0.3, -0.25) is 4.98 Å². The first-order valence-electron chi connectivity index (χ1n) is 8.80. The zero-order chi connectivity index (χ0) is 17.8. The van der Waals surface area contributed by atoms with Gasteiger partial charge in [0, 0.05) is 47.2 Å². The molecule has 0 spiro atoms. The van der Waals surface area contributed by atoms with Gasteiger partial charge in [-0.15, -0.1) is 12.4 Å². The highest BCUT2D eigenvalue weighted by Crippen LogP contribution is 2.27. The second-order valence-electron chi connectivity index (χ2n) is 6.41. The number of anilines is 2. The number of piperidine rings is 1.